The van der Waals surface area contributed by atoms with Crippen molar-refractivity contribution in [1.29, 1.82) is 0 Å². The predicted octanol–water partition coefficient (Wildman–Crippen LogP) is 2.33. The first-order valence-corrected chi connectivity index (χ1v) is 7.05. The van der Waals surface area contributed by atoms with E-state index in [1.807, 2.05) is 42.6 Å². The highest BCUT2D eigenvalue weighted by Crippen LogP contribution is 2.22. The third-order valence-electron chi connectivity index (χ3n) is 2.59. The van der Waals surface area contributed by atoms with E-state index in [1.165, 1.54) is 11.3 Å². The van der Waals surface area contributed by atoms with Crippen LogP contribution in [0.5, 0.6) is 11.5 Å². The Morgan fingerprint density at radius 1 is 1.30 bits per heavy atom. The molecule has 0 bridgehead atoms. The molecule has 0 saturated carbocycles. The number of thiophene rings is 1. The summed E-state index contributed by atoms with van der Waals surface area (Å²) >= 11 is 1.33. The summed E-state index contributed by atoms with van der Waals surface area (Å²) in [6, 6.07) is 9.24. The lowest BCUT2D eigenvalue weighted by Crippen LogP contribution is -2.30. The molecule has 0 radical (unpaired) electrons. The van der Waals surface area contributed by atoms with Crippen molar-refractivity contribution in [3.8, 4) is 11.5 Å². The molecular weight excluding hydrogens is 276 g/mol. The van der Waals surface area contributed by atoms with Crippen LogP contribution in [-0.2, 0) is 6.61 Å². The number of ether oxygens (including phenoxy) is 2. The highest BCUT2D eigenvalue weighted by Gasteiger charge is 2.12. The number of nitrogens with two attached hydrogens (primary N) is 1. The molecule has 106 valence electrons. The normalized spacial score (nSPS) is 10.1. The van der Waals surface area contributed by atoms with Gasteiger partial charge in [0.2, 0.25) is 0 Å². The van der Waals surface area contributed by atoms with E-state index in [0.717, 1.165) is 11.3 Å². The summed E-state index contributed by atoms with van der Waals surface area (Å²) in [4.78, 5) is 12.1. The molecule has 0 aliphatic heterocycles. The molecule has 3 N–H and O–H groups in total. The number of nitrogen functional groups attached to an aromatic ring is 1. The minimum atomic E-state index is -0.304. The first kappa shape index (κ1) is 14.4. The summed E-state index contributed by atoms with van der Waals surface area (Å²) in [7, 11) is 0. The van der Waals surface area contributed by atoms with Gasteiger partial charge >= 0.3 is 0 Å². The number of carbonyl (C=O) groups is 1. The molecule has 0 spiro atoms. The maximum Gasteiger partial charge on any atom is 0.275 e. The quantitative estimate of drug-likeness (QED) is 0.487. The van der Waals surface area contributed by atoms with Crippen LogP contribution in [0.3, 0.4) is 0 Å². The van der Waals surface area contributed by atoms with Gasteiger partial charge in [-0.05, 0) is 30.5 Å². The average Bonchev–Trinajstić information content (AvgIpc) is 2.93. The van der Waals surface area contributed by atoms with Crippen molar-refractivity contribution in [2.45, 2.75) is 13.5 Å². The minimum Gasteiger partial charge on any atom is -0.494 e. The number of hydrogen-bond donors (Lipinski definition) is 2. The van der Waals surface area contributed by atoms with E-state index < -0.39 is 0 Å². The summed E-state index contributed by atoms with van der Waals surface area (Å²) in [6.45, 7) is 2.84. The van der Waals surface area contributed by atoms with Gasteiger partial charge in [-0.1, -0.05) is 6.07 Å². The number of benzene rings is 1. The second kappa shape index (κ2) is 6.93. The summed E-state index contributed by atoms with van der Waals surface area (Å²) in [5, 5.41) is 1.83. The van der Waals surface area contributed by atoms with Gasteiger partial charge in [0.15, 0.2) is 0 Å². The fraction of sp³-hybridized carbons (Fsp3) is 0.214. The van der Waals surface area contributed by atoms with Crippen LogP contribution in [-0.4, -0.2) is 12.5 Å². The Morgan fingerprint density at radius 3 is 2.75 bits per heavy atom. The molecule has 6 heteroatoms. The number of hydrogen-bond acceptors (Lipinski definition) is 5. The highest BCUT2D eigenvalue weighted by atomic mass is 32.1. The Bertz CT molecular complexity index is 583. The highest BCUT2D eigenvalue weighted by molar-refractivity contribution is 7.12. The molecule has 20 heavy (non-hydrogen) atoms. The number of hydrazine groups is 1. The summed E-state index contributed by atoms with van der Waals surface area (Å²) < 4.78 is 11.1. The molecule has 1 heterocycles. The number of carbonyl (C=O) groups excluding carboxylic acids is 1. The van der Waals surface area contributed by atoms with Gasteiger partial charge in [-0.15, -0.1) is 11.3 Å². The van der Waals surface area contributed by atoms with Crippen molar-refractivity contribution in [2.75, 3.05) is 6.61 Å². The molecular formula is C14H16N2O3S. The Hall–Kier alpha value is -2.05. The second-order valence-corrected chi connectivity index (χ2v) is 4.86. The van der Waals surface area contributed by atoms with Gasteiger partial charge in [0.1, 0.15) is 18.1 Å². The van der Waals surface area contributed by atoms with Crippen molar-refractivity contribution >= 4 is 17.2 Å². The fourth-order valence-corrected chi connectivity index (χ4v) is 2.51. The van der Waals surface area contributed by atoms with Gasteiger partial charge in [-0.3, -0.25) is 10.2 Å². The second-order valence-electron chi connectivity index (χ2n) is 3.94. The Kier molecular flexibility index (Phi) is 4.97. The number of amides is 1. The van der Waals surface area contributed by atoms with Crippen LogP contribution in [0, 0.1) is 0 Å². The maximum absolute atomic E-state index is 11.5. The molecule has 5 nitrogen and oxygen atoms in total. The maximum atomic E-state index is 11.5. The Labute approximate surface area is 121 Å². The van der Waals surface area contributed by atoms with E-state index in [2.05, 4.69) is 5.43 Å². The van der Waals surface area contributed by atoms with Crippen LogP contribution in [0.1, 0.15) is 22.2 Å². The van der Waals surface area contributed by atoms with Crippen molar-refractivity contribution in [2.24, 2.45) is 5.84 Å². The van der Waals surface area contributed by atoms with Crippen LogP contribution < -0.4 is 20.7 Å². The van der Waals surface area contributed by atoms with Gasteiger partial charge in [0.25, 0.3) is 5.91 Å². The van der Waals surface area contributed by atoms with Crippen molar-refractivity contribution in [1.82, 2.24) is 5.43 Å². The Balaban J connectivity index is 2.03. The van der Waals surface area contributed by atoms with Crippen molar-refractivity contribution < 1.29 is 14.3 Å². The lowest BCUT2D eigenvalue weighted by atomic mass is 10.2. The van der Waals surface area contributed by atoms with Gasteiger partial charge in [-0.25, -0.2) is 5.84 Å². The summed E-state index contributed by atoms with van der Waals surface area (Å²) in [5.41, 5.74) is 2.93. The van der Waals surface area contributed by atoms with Gasteiger partial charge < -0.3 is 9.47 Å². The van der Waals surface area contributed by atoms with Crippen molar-refractivity contribution in [3.63, 3.8) is 0 Å². The van der Waals surface area contributed by atoms with Crippen LogP contribution >= 0.6 is 11.3 Å². The van der Waals surface area contributed by atoms with Gasteiger partial charge in [0, 0.05) is 11.6 Å². The monoisotopic (exact) mass is 292 g/mol. The minimum absolute atomic E-state index is 0.304. The van der Waals surface area contributed by atoms with E-state index >= 15 is 0 Å². The lowest BCUT2D eigenvalue weighted by molar-refractivity contribution is 0.0955. The summed E-state index contributed by atoms with van der Waals surface area (Å²) in [6.07, 6.45) is 0. The predicted molar refractivity (Wildman–Crippen MR) is 77.9 cm³/mol. The molecule has 2 aromatic rings. The third kappa shape index (κ3) is 3.49. The van der Waals surface area contributed by atoms with E-state index in [0.29, 0.717) is 23.8 Å². The van der Waals surface area contributed by atoms with E-state index in [9.17, 15) is 4.79 Å². The molecule has 1 aromatic carbocycles. The average molecular weight is 292 g/mol. The fourth-order valence-electron chi connectivity index (χ4n) is 1.70. The van der Waals surface area contributed by atoms with Crippen LogP contribution in [0.2, 0.25) is 0 Å². The Morgan fingerprint density at radius 2 is 2.05 bits per heavy atom. The smallest absolute Gasteiger partial charge is 0.275 e. The number of rotatable bonds is 6. The number of nitrogens with one attached hydrogen (secondary N) is 1. The SMILES string of the molecule is CCOc1cccc(OCc2ccsc2C(=O)NN)c1. The zero-order valence-corrected chi connectivity index (χ0v) is 11.9. The third-order valence-corrected chi connectivity index (χ3v) is 3.55. The lowest BCUT2D eigenvalue weighted by Gasteiger charge is -2.08. The first-order valence-electron chi connectivity index (χ1n) is 6.17. The van der Waals surface area contributed by atoms with E-state index in [-0.39, 0.29) is 5.91 Å². The molecule has 0 aliphatic rings. The zero-order valence-electron chi connectivity index (χ0n) is 11.1. The first-order chi connectivity index (χ1) is 9.74. The molecule has 0 saturated heterocycles. The van der Waals surface area contributed by atoms with Crippen LogP contribution in [0.15, 0.2) is 35.7 Å². The molecule has 1 aromatic heterocycles. The molecule has 0 aliphatic carbocycles. The van der Waals surface area contributed by atoms with Gasteiger partial charge in [-0.2, -0.15) is 0 Å². The zero-order chi connectivity index (χ0) is 14.4. The summed E-state index contributed by atoms with van der Waals surface area (Å²) in [5.74, 6) is 6.29. The topological polar surface area (TPSA) is 73.6 Å². The van der Waals surface area contributed by atoms with Crippen LogP contribution in [0.4, 0.5) is 0 Å². The van der Waals surface area contributed by atoms with Crippen LogP contribution in [0.25, 0.3) is 0 Å². The molecule has 2 rings (SSSR count). The largest absolute Gasteiger partial charge is 0.494 e. The van der Waals surface area contributed by atoms with Gasteiger partial charge in [0.05, 0.1) is 11.5 Å². The molecule has 0 fully saturated rings. The molecule has 1 amide bonds. The molecule has 0 atom stereocenters. The van der Waals surface area contributed by atoms with E-state index in [1.54, 1.807) is 0 Å². The standard InChI is InChI=1S/C14H16N2O3S/c1-2-18-11-4-3-5-12(8-11)19-9-10-6-7-20-13(10)14(17)16-15/h3-8H,2,9,15H2,1H3,(H,16,17). The van der Waals surface area contributed by atoms with E-state index in [4.69, 9.17) is 15.3 Å². The van der Waals surface area contributed by atoms with Crippen molar-refractivity contribution in [3.05, 3.63) is 46.2 Å². The molecule has 0 unspecified atom stereocenters.